The number of rotatable bonds is 4. The highest BCUT2D eigenvalue weighted by Crippen LogP contribution is 2.32. The van der Waals surface area contributed by atoms with E-state index in [4.69, 9.17) is 0 Å². The molecule has 0 saturated carbocycles. The SMILES string of the molecule is CCP(CC)c1ccc(C(=O)OC)cc1. The van der Waals surface area contributed by atoms with Gasteiger partial charge in [-0.1, -0.05) is 33.9 Å². The number of benzene rings is 1. The first-order valence-electron chi connectivity index (χ1n) is 5.16. The van der Waals surface area contributed by atoms with Crippen molar-refractivity contribution >= 4 is 19.2 Å². The number of carbonyl (C=O) groups excluding carboxylic acids is 1. The smallest absolute Gasteiger partial charge is 0.337 e. The molecule has 0 amide bonds. The standard InChI is InChI=1S/C12H17O2P/c1-4-15(5-2)11-8-6-10(7-9-11)12(13)14-3/h6-9H,4-5H2,1-3H3. The molecule has 0 heterocycles. The van der Waals surface area contributed by atoms with Gasteiger partial charge >= 0.3 is 5.97 Å². The maximum absolute atomic E-state index is 11.2. The molecule has 0 unspecified atom stereocenters. The second kappa shape index (κ2) is 5.87. The van der Waals surface area contributed by atoms with Crippen LogP contribution in [0.4, 0.5) is 0 Å². The van der Waals surface area contributed by atoms with Crippen molar-refractivity contribution in [2.75, 3.05) is 19.4 Å². The first-order valence-corrected chi connectivity index (χ1v) is 6.87. The number of esters is 1. The summed E-state index contributed by atoms with van der Waals surface area (Å²) < 4.78 is 4.66. The van der Waals surface area contributed by atoms with E-state index in [0.717, 1.165) is 0 Å². The van der Waals surface area contributed by atoms with Gasteiger partial charge in [0, 0.05) is 0 Å². The summed E-state index contributed by atoms with van der Waals surface area (Å²) in [6, 6.07) is 7.79. The first-order chi connectivity index (χ1) is 7.22. The van der Waals surface area contributed by atoms with Gasteiger partial charge in [0.25, 0.3) is 0 Å². The second-order valence-corrected chi connectivity index (χ2v) is 6.07. The van der Waals surface area contributed by atoms with Crippen LogP contribution < -0.4 is 5.30 Å². The van der Waals surface area contributed by atoms with E-state index < -0.39 is 0 Å². The number of ether oxygens (including phenoxy) is 1. The Bertz CT molecular complexity index is 315. The quantitative estimate of drug-likeness (QED) is 0.580. The molecule has 0 spiro atoms. The third-order valence-corrected chi connectivity index (χ3v) is 4.97. The van der Waals surface area contributed by atoms with Crippen molar-refractivity contribution in [2.45, 2.75) is 13.8 Å². The number of hydrogen-bond donors (Lipinski definition) is 0. The fourth-order valence-corrected chi connectivity index (χ4v) is 3.26. The normalized spacial score (nSPS) is 10.4. The number of carbonyl (C=O) groups is 1. The van der Waals surface area contributed by atoms with Crippen LogP contribution in [-0.2, 0) is 4.74 Å². The molecule has 1 aromatic rings. The molecule has 0 atom stereocenters. The Kier molecular flexibility index (Phi) is 4.77. The van der Waals surface area contributed by atoms with Crippen LogP contribution in [0.5, 0.6) is 0 Å². The zero-order valence-corrected chi connectivity index (χ0v) is 10.4. The van der Waals surface area contributed by atoms with E-state index >= 15 is 0 Å². The van der Waals surface area contributed by atoms with Gasteiger partial charge < -0.3 is 4.74 Å². The van der Waals surface area contributed by atoms with E-state index in [9.17, 15) is 4.79 Å². The Morgan fingerprint density at radius 2 is 1.73 bits per heavy atom. The fraction of sp³-hybridized carbons (Fsp3) is 0.417. The molecule has 0 aliphatic rings. The average molecular weight is 224 g/mol. The van der Waals surface area contributed by atoms with Crippen LogP contribution in [0.2, 0.25) is 0 Å². The molecule has 0 bridgehead atoms. The van der Waals surface area contributed by atoms with Gasteiger partial charge in [0.15, 0.2) is 0 Å². The van der Waals surface area contributed by atoms with Crippen LogP contribution >= 0.6 is 7.92 Å². The van der Waals surface area contributed by atoms with Gasteiger partial charge in [-0.05, 0) is 29.8 Å². The minimum Gasteiger partial charge on any atom is -0.465 e. The first kappa shape index (κ1) is 12.2. The predicted octanol–water partition coefficient (Wildman–Crippen LogP) is 2.62. The van der Waals surface area contributed by atoms with Gasteiger partial charge in [-0.15, -0.1) is 0 Å². The van der Waals surface area contributed by atoms with Gasteiger partial charge in [0.1, 0.15) is 0 Å². The molecule has 15 heavy (non-hydrogen) atoms. The minimum absolute atomic E-state index is 0.0394. The summed E-state index contributed by atoms with van der Waals surface area (Å²) in [4.78, 5) is 11.2. The summed E-state index contributed by atoms with van der Waals surface area (Å²) in [5.41, 5.74) is 0.628. The summed E-state index contributed by atoms with van der Waals surface area (Å²) in [6.45, 7) is 4.42. The third kappa shape index (κ3) is 3.04. The van der Waals surface area contributed by atoms with Crippen LogP contribution in [0.25, 0.3) is 0 Å². The molecule has 0 aliphatic heterocycles. The van der Waals surface area contributed by atoms with Gasteiger partial charge in [0.05, 0.1) is 12.7 Å². The molecular weight excluding hydrogens is 207 g/mol. The highest BCUT2D eigenvalue weighted by Gasteiger charge is 2.08. The van der Waals surface area contributed by atoms with Crippen molar-refractivity contribution in [2.24, 2.45) is 0 Å². The number of hydrogen-bond acceptors (Lipinski definition) is 2. The fourth-order valence-electron chi connectivity index (χ4n) is 1.51. The summed E-state index contributed by atoms with van der Waals surface area (Å²) in [5.74, 6) is -0.265. The zero-order chi connectivity index (χ0) is 11.3. The Morgan fingerprint density at radius 1 is 1.20 bits per heavy atom. The average Bonchev–Trinajstić information content (AvgIpc) is 2.30. The van der Waals surface area contributed by atoms with Crippen LogP contribution in [0.3, 0.4) is 0 Å². The lowest BCUT2D eigenvalue weighted by Gasteiger charge is -2.13. The molecule has 2 nitrogen and oxygen atoms in total. The highest BCUT2D eigenvalue weighted by atomic mass is 31.1. The molecule has 82 valence electrons. The molecule has 0 N–H and O–H groups in total. The largest absolute Gasteiger partial charge is 0.465 e. The highest BCUT2D eigenvalue weighted by molar-refractivity contribution is 7.65. The van der Waals surface area contributed by atoms with Crippen molar-refractivity contribution in [1.82, 2.24) is 0 Å². The van der Waals surface area contributed by atoms with Crippen LogP contribution in [-0.4, -0.2) is 25.4 Å². The van der Waals surface area contributed by atoms with Crippen LogP contribution in [0.1, 0.15) is 24.2 Å². The van der Waals surface area contributed by atoms with Crippen LogP contribution in [0, 0.1) is 0 Å². The van der Waals surface area contributed by atoms with E-state index in [-0.39, 0.29) is 13.9 Å². The van der Waals surface area contributed by atoms with E-state index in [0.29, 0.717) is 5.56 Å². The lowest BCUT2D eigenvalue weighted by Crippen LogP contribution is -2.07. The molecule has 0 aliphatic carbocycles. The molecule has 1 rings (SSSR count). The van der Waals surface area contributed by atoms with Crippen molar-refractivity contribution in [3.63, 3.8) is 0 Å². The van der Waals surface area contributed by atoms with Crippen molar-refractivity contribution in [1.29, 1.82) is 0 Å². The predicted molar refractivity (Wildman–Crippen MR) is 65.4 cm³/mol. The van der Waals surface area contributed by atoms with Crippen molar-refractivity contribution in [3.8, 4) is 0 Å². The van der Waals surface area contributed by atoms with Crippen molar-refractivity contribution < 1.29 is 9.53 Å². The molecule has 0 fully saturated rings. The van der Waals surface area contributed by atoms with Gasteiger partial charge in [-0.25, -0.2) is 4.79 Å². The number of methoxy groups -OCH3 is 1. The lowest BCUT2D eigenvalue weighted by atomic mass is 10.2. The Labute approximate surface area is 92.4 Å². The van der Waals surface area contributed by atoms with Crippen LogP contribution in [0.15, 0.2) is 24.3 Å². The van der Waals surface area contributed by atoms with E-state index in [2.05, 4.69) is 18.6 Å². The Balaban J connectivity index is 2.84. The third-order valence-electron chi connectivity index (χ3n) is 2.42. The lowest BCUT2D eigenvalue weighted by molar-refractivity contribution is 0.0601. The molecule has 0 aromatic heterocycles. The summed E-state index contributed by atoms with van der Waals surface area (Å²) in [7, 11) is 1.36. The van der Waals surface area contributed by atoms with E-state index in [1.165, 1.54) is 24.7 Å². The van der Waals surface area contributed by atoms with Gasteiger partial charge in [-0.3, -0.25) is 0 Å². The van der Waals surface area contributed by atoms with Gasteiger partial charge in [0.2, 0.25) is 0 Å². The molecule has 1 aromatic carbocycles. The molecule has 0 radical (unpaired) electrons. The van der Waals surface area contributed by atoms with E-state index in [1.54, 1.807) is 0 Å². The zero-order valence-electron chi connectivity index (χ0n) is 9.49. The molecular formula is C12H17O2P. The molecule has 0 saturated heterocycles. The summed E-state index contributed by atoms with van der Waals surface area (Å²) >= 11 is 0. The van der Waals surface area contributed by atoms with Gasteiger partial charge in [-0.2, -0.15) is 0 Å². The van der Waals surface area contributed by atoms with Crippen molar-refractivity contribution in [3.05, 3.63) is 29.8 Å². The minimum atomic E-state index is -0.265. The maximum Gasteiger partial charge on any atom is 0.337 e. The maximum atomic E-state index is 11.2. The second-order valence-electron chi connectivity index (χ2n) is 3.21. The molecule has 3 heteroatoms. The summed E-state index contributed by atoms with van der Waals surface area (Å²) in [6.07, 6.45) is 2.40. The summed E-state index contributed by atoms with van der Waals surface area (Å²) in [5, 5.41) is 1.36. The Hall–Kier alpha value is -0.880. The van der Waals surface area contributed by atoms with E-state index in [1.807, 2.05) is 24.3 Å². The Morgan fingerprint density at radius 3 is 2.13 bits per heavy atom. The monoisotopic (exact) mass is 224 g/mol. The topological polar surface area (TPSA) is 26.3 Å².